The highest BCUT2D eigenvalue weighted by Crippen LogP contribution is 2.31. The van der Waals surface area contributed by atoms with E-state index in [0.29, 0.717) is 56.2 Å². The zero-order valence-corrected chi connectivity index (χ0v) is 16.2. The number of Topliss-reactive ketones (excluding diaryl/α,β-unsaturated/α-hetero) is 1. The van der Waals surface area contributed by atoms with Gasteiger partial charge in [-0.15, -0.1) is 0 Å². The van der Waals surface area contributed by atoms with Gasteiger partial charge in [0.15, 0.2) is 17.3 Å². The minimum atomic E-state index is -0.955. The maximum Gasteiger partial charge on any atom is 0.168 e. The third-order valence-electron chi connectivity index (χ3n) is 5.39. The molecule has 2 N–H and O–H groups in total. The van der Waals surface area contributed by atoms with E-state index < -0.39 is 5.60 Å². The van der Waals surface area contributed by atoms with Gasteiger partial charge < -0.3 is 31.9 Å². The molecule has 0 aliphatic carbocycles. The Hall–Kier alpha value is -2.15. The Morgan fingerprint density at radius 1 is 1.11 bits per heavy atom. The Balaban J connectivity index is 0.00000225. The van der Waals surface area contributed by atoms with Crippen molar-refractivity contribution in [2.45, 2.75) is 18.4 Å². The van der Waals surface area contributed by atoms with Gasteiger partial charge in [-0.3, -0.25) is 4.79 Å². The third-order valence-corrected chi connectivity index (χ3v) is 5.39. The first kappa shape index (κ1) is 20.6. The van der Waals surface area contributed by atoms with Gasteiger partial charge in [-0.25, -0.2) is 4.39 Å². The van der Waals surface area contributed by atoms with E-state index in [-0.39, 0.29) is 24.0 Å². The van der Waals surface area contributed by atoms with Gasteiger partial charge in [-0.05, 0) is 35.9 Å². The van der Waals surface area contributed by atoms with Gasteiger partial charge in [0.2, 0.25) is 0 Å². The van der Waals surface area contributed by atoms with E-state index in [0.717, 1.165) is 12.1 Å². The summed E-state index contributed by atoms with van der Waals surface area (Å²) in [4.78, 5) is 13.7. The van der Waals surface area contributed by atoms with Crippen molar-refractivity contribution in [2.24, 2.45) is 0 Å². The lowest BCUT2D eigenvalue weighted by Crippen LogP contribution is -3.10. The maximum absolute atomic E-state index is 13.1. The standard InChI is InChI=1S/C21H22FNO4.ClH/c22-17-4-2-16(3-5-17)21(25)8-10-23(14-21)9-7-18(24)15-1-6-19-20(13-15)27-12-11-26-19;/h1-6,13,25H,7-12,14H2;1H. The topological polar surface area (TPSA) is 60.2 Å². The van der Waals surface area contributed by atoms with Crippen LogP contribution >= 0.6 is 0 Å². The van der Waals surface area contributed by atoms with Crippen molar-refractivity contribution in [1.82, 2.24) is 0 Å². The second kappa shape index (κ2) is 8.47. The highest BCUT2D eigenvalue weighted by Gasteiger charge is 2.41. The van der Waals surface area contributed by atoms with Crippen LogP contribution in [0.3, 0.4) is 0 Å². The molecule has 2 aromatic carbocycles. The lowest BCUT2D eigenvalue weighted by atomic mass is 9.93. The molecule has 0 radical (unpaired) electrons. The van der Waals surface area contributed by atoms with Gasteiger partial charge >= 0.3 is 0 Å². The van der Waals surface area contributed by atoms with Crippen LogP contribution in [-0.2, 0) is 5.60 Å². The minimum absolute atomic E-state index is 0. The van der Waals surface area contributed by atoms with Crippen molar-refractivity contribution in [3.05, 3.63) is 59.4 Å². The van der Waals surface area contributed by atoms with Crippen molar-refractivity contribution in [3.8, 4) is 11.5 Å². The Kier molecular flexibility index (Phi) is 6.23. The molecule has 2 aliphatic heterocycles. The number of rotatable bonds is 5. The van der Waals surface area contributed by atoms with Crippen LogP contribution in [0.25, 0.3) is 0 Å². The molecule has 0 saturated carbocycles. The van der Waals surface area contributed by atoms with E-state index in [2.05, 4.69) is 0 Å². The fraction of sp³-hybridized carbons (Fsp3) is 0.381. The summed E-state index contributed by atoms with van der Waals surface area (Å²) in [6, 6.07) is 11.3. The van der Waals surface area contributed by atoms with Crippen LogP contribution in [0.1, 0.15) is 28.8 Å². The van der Waals surface area contributed by atoms with E-state index in [9.17, 15) is 14.3 Å². The summed E-state index contributed by atoms with van der Waals surface area (Å²) in [5.74, 6) is 1.03. The average Bonchev–Trinajstić information content (AvgIpc) is 3.08. The predicted molar refractivity (Wildman–Crippen MR) is 96.9 cm³/mol. The van der Waals surface area contributed by atoms with E-state index >= 15 is 0 Å². The summed E-state index contributed by atoms with van der Waals surface area (Å²) in [6.45, 7) is 2.96. The summed E-state index contributed by atoms with van der Waals surface area (Å²) in [6.07, 6.45) is 1.00. The van der Waals surface area contributed by atoms with E-state index in [4.69, 9.17) is 9.47 Å². The Morgan fingerprint density at radius 3 is 2.57 bits per heavy atom. The molecule has 1 fully saturated rings. The zero-order valence-electron chi connectivity index (χ0n) is 15.4. The number of ether oxygens (including phenoxy) is 2. The van der Waals surface area contributed by atoms with Gasteiger partial charge in [0, 0.05) is 12.0 Å². The van der Waals surface area contributed by atoms with Crippen LogP contribution in [0, 0.1) is 5.82 Å². The molecule has 28 heavy (non-hydrogen) atoms. The van der Waals surface area contributed by atoms with Crippen LogP contribution in [0.15, 0.2) is 42.5 Å². The Labute approximate surface area is 169 Å². The number of likely N-dealkylation sites (tertiary alicyclic amines) is 1. The number of carbonyl (C=O) groups is 1. The zero-order chi connectivity index (χ0) is 18.9. The SMILES string of the molecule is O=C(CC[NH+]1CCC(O)(c2ccc(F)cc2)C1)c1ccc2c(c1)OCCO2.[Cl-]. The summed E-state index contributed by atoms with van der Waals surface area (Å²) in [5, 5.41) is 10.9. The summed E-state index contributed by atoms with van der Waals surface area (Å²) in [5.41, 5.74) is 0.395. The van der Waals surface area contributed by atoms with Gasteiger partial charge in [-0.2, -0.15) is 0 Å². The number of fused-ring (bicyclic) bond motifs is 1. The molecule has 0 amide bonds. The Morgan fingerprint density at radius 2 is 1.82 bits per heavy atom. The lowest BCUT2D eigenvalue weighted by molar-refractivity contribution is -0.890. The van der Waals surface area contributed by atoms with Crippen LogP contribution in [0.4, 0.5) is 4.39 Å². The van der Waals surface area contributed by atoms with Crippen molar-refractivity contribution in [2.75, 3.05) is 32.8 Å². The predicted octanol–water partition coefficient (Wildman–Crippen LogP) is -1.65. The number of ketones is 1. The maximum atomic E-state index is 13.1. The van der Waals surface area contributed by atoms with Crippen molar-refractivity contribution in [3.63, 3.8) is 0 Å². The molecule has 0 spiro atoms. The first-order valence-electron chi connectivity index (χ1n) is 9.28. The van der Waals surface area contributed by atoms with Crippen LogP contribution in [0.2, 0.25) is 0 Å². The summed E-state index contributed by atoms with van der Waals surface area (Å²) >= 11 is 0. The molecular weight excluding hydrogens is 385 g/mol. The minimum Gasteiger partial charge on any atom is -1.00 e. The molecule has 2 unspecified atom stereocenters. The van der Waals surface area contributed by atoms with Crippen LogP contribution in [0.5, 0.6) is 11.5 Å². The first-order valence-corrected chi connectivity index (χ1v) is 9.28. The molecule has 1 saturated heterocycles. The molecule has 150 valence electrons. The number of nitrogens with one attached hydrogen (secondary N) is 1. The molecule has 2 atom stereocenters. The largest absolute Gasteiger partial charge is 1.00 e. The fourth-order valence-corrected chi connectivity index (χ4v) is 3.85. The smallest absolute Gasteiger partial charge is 0.168 e. The number of hydrogen-bond donors (Lipinski definition) is 2. The van der Waals surface area contributed by atoms with Crippen molar-refractivity contribution >= 4 is 5.78 Å². The Bertz CT molecular complexity index is 845. The summed E-state index contributed by atoms with van der Waals surface area (Å²) < 4.78 is 24.1. The number of benzene rings is 2. The van der Waals surface area contributed by atoms with Gasteiger partial charge in [0.05, 0.1) is 19.5 Å². The normalized spacial score (nSPS) is 23.1. The molecule has 7 heteroatoms. The van der Waals surface area contributed by atoms with E-state index in [1.165, 1.54) is 17.0 Å². The number of carbonyl (C=O) groups excluding carboxylic acids is 1. The van der Waals surface area contributed by atoms with Gasteiger partial charge in [0.25, 0.3) is 0 Å². The van der Waals surface area contributed by atoms with E-state index in [1.807, 2.05) is 0 Å². The third kappa shape index (κ3) is 4.29. The average molecular weight is 408 g/mol. The molecule has 2 heterocycles. The van der Waals surface area contributed by atoms with Crippen molar-refractivity contribution < 1.29 is 41.1 Å². The number of quaternary nitrogens is 1. The molecule has 4 rings (SSSR count). The van der Waals surface area contributed by atoms with Crippen LogP contribution < -0.4 is 26.8 Å². The molecule has 2 aromatic rings. The molecule has 2 aliphatic rings. The quantitative estimate of drug-likeness (QED) is 0.583. The fourth-order valence-electron chi connectivity index (χ4n) is 3.85. The van der Waals surface area contributed by atoms with E-state index in [1.54, 1.807) is 30.3 Å². The summed E-state index contributed by atoms with van der Waals surface area (Å²) in [7, 11) is 0. The molecular formula is C21H23ClFNO4. The highest BCUT2D eigenvalue weighted by atomic mass is 35.5. The number of halogens is 2. The lowest BCUT2D eigenvalue weighted by Gasteiger charge is -2.21. The monoisotopic (exact) mass is 407 g/mol. The second-order valence-corrected chi connectivity index (χ2v) is 7.25. The highest BCUT2D eigenvalue weighted by molar-refractivity contribution is 5.96. The first-order chi connectivity index (χ1) is 13.0. The number of hydrogen-bond acceptors (Lipinski definition) is 4. The van der Waals surface area contributed by atoms with Gasteiger partial charge in [0.1, 0.15) is 31.2 Å². The van der Waals surface area contributed by atoms with Crippen molar-refractivity contribution in [1.29, 1.82) is 0 Å². The molecule has 0 aromatic heterocycles. The van der Waals surface area contributed by atoms with Gasteiger partial charge in [-0.1, -0.05) is 12.1 Å². The second-order valence-electron chi connectivity index (χ2n) is 7.25. The molecule has 5 nitrogen and oxygen atoms in total. The van der Waals surface area contributed by atoms with Crippen LogP contribution in [-0.4, -0.2) is 43.7 Å². The molecule has 0 bridgehead atoms. The number of aliphatic hydroxyl groups is 1.